The Labute approximate surface area is 151 Å². The van der Waals surface area contributed by atoms with E-state index in [4.69, 9.17) is 0 Å². The Morgan fingerprint density at radius 2 is 1.04 bits per heavy atom. The zero-order valence-corrected chi connectivity index (χ0v) is 14.3. The van der Waals surface area contributed by atoms with Crippen LogP contribution in [0, 0.1) is 0 Å². The molecule has 0 aliphatic carbocycles. The maximum Gasteiger partial charge on any atom is 0.343 e. The lowest BCUT2D eigenvalue weighted by atomic mass is 9.84. The average Bonchev–Trinajstić information content (AvgIpc) is 2.68. The summed E-state index contributed by atoms with van der Waals surface area (Å²) in [6.07, 6.45) is 0. The van der Waals surface area contributed by atoms with Gasteiger partial charge in [-0.1, -0.05) is 103 Å². The molecular weight excluding hydrogens is 332 g/mol. The van der Waals surface area contributed by atoms with E-state index in [1.165, 1.54) is 0 Å². The van der Waals surface area contributed by atoms with Crippen LogP contribution in [0.2, 0.25) is 0 Å². The molecule has 0 saturated carbocycles. The third-order valence-corrected chi connectivity index (χ3v) is 5.53. The largest absolute Gasteiger partial charge is 0.479 e. The summed E-state index contributed by atoms with van der Waals surface area (Å²) in [4.78, 5) is 11.4. The number of aliphatic hydroxyl groups excluding tert-OH is 1. The molecule has 126 valence electrons. The van der Waals surface area contributed by atoms with Crippen molar-refractivity contribution in [3.63, 3.8) is 0 Å². The van der Waals surface area contributed by atoms with E-state index < -0.39 is 16.2 Å². The Bertz CT molecular complexity index is 723. The fraction of sp³-hybridized carbons (Fsp3) is 0.0952. The minimum atomic E-state index is -1.55. The molecule has 0 aliphatic rings. The molecule has 0 aliphatic heterocycles. The lowest BCUT2D eigenvalue weighted by Crippen LogP contribution is -2.31. The van der Waals surface area contributed by atoms with E-state index in [1.54, 1.807) is 0 Å². The second kappa shape index (κ2) is 7.55. The van der Waals surface area contributed by atoms with Gasteiger partial charge in [0.25, 0.3) is 0 Å². The highest BCUT2D eigenvalue weighted by molar-refractivity contribution is 8.01. The predicted molar refractivity (Wildman–Crippen MR) is 100 cm³/mol. The first kappa shape index (κ1) is 17.3. The number of carbonyl (C=O) groups is 1. The van der Waals surface area contributed by atoms with Gasteiger partial charge in [0.05, 0.1) is 4.75 Å². The second-order valence-electron chi connectivity index (χ2n) is 5.59. The topological polar surface area (TPSA) is 57.5 Å². The van der Waals surface area contributed by atoms with Gasteiger partial charge in [-0.25, -0.2) is 4.79 Å². The van der Waals surface area contributed by atoms with E-state index in [-0.39, 0.29) is 0 Å². The number of hydrogen-bond acceptors (Lipinski definition) is 3. The van der Waals surface area contributed by atoms with Gasteiger partial charge in [-0.05, 0) is 16.7 Å². The third kappa shape index (κ3) is 3.45. The van der Waals surface area contributed by atoms with E-state index >= 15 is 0 Å². The molecule has 3 aromatic carbocycles. The molecule has 3 aromatic rings. The molecule has 3 nitrogen and oxygen atoms in total. The van der Waals surface area contributed by atoms with Crippen molar-refractivity contribution in [2.45, 2.75) is 10.2 Å². The average molecular weight is 350 g/mol. The zero-order valence-electron chi connectivity index (χ0n) is 13.4. The Balaban J connectivity index is 2.29. The number of thioether (sulfide) groups is 1. The number of carboxylic acid groups (broad SMARTS) is 1. The molecule has 0 fully saturated rings. The van der Waals surface area contributed by atoms with Crippen molar-refractivity contribution < 1.29 is 15.0 Å². The summed E-state index contributed by atoms with van der Waals surface area (Å²) in [5.74, 6) is -1.25. The maximum atomic E-state index is 11.4. The molecule has 2 N–H and O–H groups in total. The van der Waals surface area contributed by atoms with E-state index in [1.807, 2.05) is 91.0 Å². The molecule has 0 heterocycles. The Morgan fingerprint density at radius 1 is 0.720 bits per heavy atom. The quantitative estimate of drug-likeness (QED) is 0.519. The molecule has 0 amide bonds. The molecule has 0 radical (unpaired) electrons. The summed E-state index contributed by atoms with van der Waals surface area (Å²) >= 11 is 1.02. The summed E-state index contributed by atoms with van der Waals surface area (Å²) in [5, 5.41) is 19.5. The Morgan fingerprint density at radius 3 is 1.32 bits per heavy atom. The minimum absolute atomic E-state index is 0.832. The molecule has 0 spiro atoms. The van der Waals surface area contributed by atoms with Gasteiger partial charge < -0.3 is 10.2 Å². The second-order valence-corrected chi connectivity index (χ2v) is 6.88. The Kier molecular flexibility index (Phi) is 5.22. The molecule has 4 heteroatoms. The fourth-order valence-corrected chi connectivity index (χ4v) is 4.19. The monoisotopic (exact) mass is 350 g/mol. The number of aliphatic hydroxyl groups is 1. The van der Waals surface area contributed by atoms with Gasteiger partial charge in [0.15, 0.2) is 5.44 Å². The summed E-state index contributed by atoms with van der Waals surface area (Å²) < 4.78 is -0.832. The molecule has 0 bridgehead atoms. The first-order valence-corrected chi connectivity index (χ1v) is 8.78. The first-order valence-electron chi connectivity index (χ1n) is 7.90. The van der Waals surface area contributed by atoms with Crippen LogP contribution in [0.3, 0.4) is 0 Å². The highest BCUT2D eigenvalue weighted by atomic mass is 32.2. The van der Waals surface area contributed by atoms with Gasteiger partial charge in [0.1, 0.15) is 0 Å². The van der Waals surface area contributed by atoms with Crippen LogP contribution in [0.5, 0.6) is 0 Å². The number of benzene rings is 3. The van der Waals surface area contributed by atoms with Crippen LogP contribution in [0.4, 0.5) is 0 Å². The SMILES string of the molecule is O=C(O)C(O)SC(c1ccccc1)(c1ccccc1)c1ccccc1. The fourth-order valence-electron chi connectivity index (χ4n) is 2.94. The Hall–Kier alpha value is -2.56. The standard InChI is InChI=1S/C21H18O3S/c22-19(23)20(24)25-21(16-10-4-1-5-11-16,17-12-6-2-7-13-17)18-14-8-3-9-15-18/h1-15,20,24H,(H,22,23). The molecule has 3 rings (SSSR count). The van der Waals surface area contributed by atoms with Crippen LogP contribution in [-0.4, -0.2) is 21.6 Å². The third-order valence-electron chi connectivity index (χ3n) is 4.04. The van der Waals surface area contributed by atoms with Gasteiger partial charge >= 0.3 is 5.97 Å². The van der Waals surface area contributed by atoms with Crippen LogP contribution < -0.4 is 0 Å². The minimum Gasteiger partial charge on any atom is -0.479 e. The summed E-state index contributed by atoms with van der Waals surface area (Å²) in [6, 6.07) is 29.0. The molecular formula is C21H18O3S. The number of aliphatic carboxylic acids is 1. The van der Waals surface area contributed by atoms with Gasteiger partial charge in [-0.3, -0.25) is 0 Å². The van der Waals surface area contributed by atoms with Crippen molar-refractivity contribution in [3.8, 4) is 0 Å². The van der Waals surface area contributed by atoms with Gasteiger partial charge in [-0.15, -0.1) is 0 Å². The molecule has 25 heavy (non-hydrogen) atoms. The van der Waals surface area contributed by atoms with Crippen LogP contribution in [0.25, 0.3) is 0 Å². The van der Waals surface area contributed by atoms with E-state index in [9.17, 15) is 15.0 Å². The van der Waals surface area contributed by atoms with Crippen LogP contribution in [0.15, 0.2) is 91.0 Å². The maximum absolute atomic E-state index is 11.4. The van der Waals surface area contributed by atoms with E-state index in [0.717, 1.165) is 28.5 Å². The van der Waals surface area contributed by atoms with Crippen LogP contribution in [-0.2, 0) is 9.54 Å². The number of rotatable bonds is 6. The lowest BCUT2D eigenvalue weighted by Gasteiger charge is -2.36. The smallest absolute Gasteiger partial charge is 0.343 e. The normalized spacial score (nSPS) is 12.5. The van der Waals surface area contributed by atoms with Crippen LogP contribution in [0.1, 0.15) is 16.7 Å². The highest BCUT2D eigenvalue weighted by Crippen LogP contribution is 2.49. The van der Waals surface area contributed by atoms with Crippen molar-refractivity contribution in [1.82, 2.24) is 0 Å². The first-order chi connectivity index (χ1) is 12.1. The predicted octanol–water partition coefficient (Wildman–Crippen LogP) is 4.11. The van der Waals surface area contributed by atoms with Crippen molar-refractivity contribution in [1.29, 1.82) is 0 Å². The van der Waals surface area contributed by atoms with E-state index in [0.29, 0.717) is 0 Å². The highest BCUT2D eigenvalue weighted by Gasteiger charge is 2.40. The summed E-state index contributed by atoms with van der Waals surface area (Å²) in [7, 11) is 0. The number of carboxylic acids is 1. The number of hydrogen-bond donors (Lipinski definition) is 2. The van der Waals surface area contributed by atoms with Crippen molar-refractivity contribution in [2.75, 3.05) is 0 Å². The van der Waals surface area contributed by atoms with Crippen molar-refractivity contribution in [3.05, 3.63) is 108 Å². The van der Waals surface area contributed by atoms with Gasteiger partial charge in [0, 0.05) is 0 Å². The summed E-state index contributed by atoms with van der Waals surface area (Å²) in [5.41, 5.74) is 1.19. The van der Waals surface area contributed by atoms with Crippen molar-refractivity contribution >= 4 is 17.7 Å². The zero-order chi connectivity index (χ0) is 17.7. The van der Waals surface area contributed by atoms with Gasteiger partial charge in [-0.2, -0.15) is 0 Å². The lowest BCUT2D eigenvalue weighted by molar-refractivity contribution is -0.141. The molecule has 1 unspecified atom stereocenters. The van der Waals surface area contributed by atoms with E-state index in [2.05, 4.69) is 0 Å². The molecule has 0 aromatic heterocycles. The van der Waals surface area contributed by atoms with Crippen LogP contribution >= 0.6 is 11.8 Å². The molecule has 1 atom stereocenters. The summed E-state index contributed by atoms with van der Waals surface area (Å²) in [6.45, 7) is 0. The van der Waals surface area contributed by atoms with Crippen molar-refractivity contribution in [2.24, 2.45) is 0 Å². The van der Waals surface area contributed by atoms with Gasteiger partial charge in [0.2, 0.25) is 0 Å². The molecule has 0 saturated heterocycles.